The van der Waals surface area contributed by atoms with Crippen LogP contribution < -0.4 is 10.3 Å². The van der Waals surface area contributed by atoms with Crippen LogP contribution in [-0.4, -0.2) is 11.3 Å². The molecule has 0 bridgehead atoms. The summed E-state index contributed by atoms with van der Waals surface area (Å²) in [4.78, 5) is 13.6. The van der Waals surface area contributed by atoms with E-state index in [2.05, 4.69) is 9.72 Å². The number of rotatable bonds is 2. The maximum absolute atomic E-state index is 12.3. The Morgan fingerprint density at radius 2 is 1.84 bits per heavy atom. The SMILES string of the molecule is O=c1cc(-c2ccccc2OC(F)(F)F)cc(Cl)[nH]1. The van der Waals surface area contributed by atoms with Gasteiger partial charge in [-0.25, -0.2) is 0 Å². The molecule has 2 aromatic rings. The molecule has 0 unspecified atom stereocenters. The first-order chi connectivity index (χ1) is 8.85. The highest BCUT2D eigenvalue weighted by Crippen LogP contribution is 2.33. The number of halogens is 4. The quantitative estimate of drug-likeness (QED) is 0.858. The van der Waals surface area contributed by atoms with Crippen LogP contribution in [0.15, 0.2) is 41.2 Å². The van der Waals surface area contributed by atoms with Crippen LogP contribution in [0.3, 0.4) is 0 Å². The van der Waals surface area contributed by atoms with E-state index in [0.29, 0.717) is 0 Å². The van der Waals surface area contributed by atoms with Gasteiger partial charge in [-0.15, -0.1) is 13.2 Å². The van der Waals surface area contributed by atoms with Crippen molar-refractivity contribution < 1.29 is 17.9 Å². The Kier molecular flexibility index (Phi) is 3.53. The predicted molar refractivity (Wildman–Crippen MR) is 64.2 cm³/mol. The Bertz CT molecular complexity index is 652. The van der Waals surface area contributed by atoms with Crippen LogP contribution in [0.2, 0.25) is 5.15 Å². The van der Waals surface area contributed by atoms with Gasteiger partial charge in [-0.05, 0) is 17.7 Å². The van der Waals surface area contributed by atoms with Crippen molar-refractivity contribution in [2.24, 2.45) is 0 Å². The highest BCUT2D eigenvalue weighted by Gasteiger charge is 2.32. The van der Waals surface area contributed by atoms with E-state index in [1.165, 1.54) is 24.3 Å². The lowest BCUT2D eigenvalue weighted by Crippen LogP contribution is -2.17. The van der Waals surface area contributed by atoms with Gasteiger partial charge in [-0.2, -0.15) is 0 Å². The number of aromatic nitrogens is 1. The first kappa shape index (κ1) is 13.5. The molecule has 100 valence electrons. The van der Waals surface area contributed by atoms with E-state index in [1.807, 2.05) is 0 Å². The Morgan fingerprint density at radius 3 is 2.47 bits per heavy atom. The molecule has 0 aliphatic rings. The number of para-hydroxylation sites is 1. The Labute approximate surface area is 110 Å². The number of hydrogen-bond donors (Lipinski definition) is 1. The maximum Gasteiger partial charge on any atom is 0.573 e. The van der Waals surface area contributed by atoms with Gasteiger partial charge < -0.3 is 9.72 Å². The third-order valence-corrected chi connectivity index (χ3v) is 2.44. The smallest absolute Gasteiger partial charge is 0.405 e. The van der Waals surface area contributed by atoms with Gasteiger partial charge in [0.05, 0.1) is 0 Å². The number of ether oxygens (including phenoxy) is 1. The maximum atomic E-state index is 12.3. The van der Waals surface area contributed by atoms with Crippen LogP contribution in [0.5, 0.6) is 5.75 Å². The number of benzene rings is 1. The Hall–Kier alpha value is -1.95. The van der Waals surface area contributed by atoms with Crippen molar-refractivity contribution in [2.75, 3.05) is 0 Å². The summed E-state index contributed by atoms with van der Waals surface area (Å²) >= 11 is 5.67. The minimum atomic E-state index is -4.80. The van der Waals surface area contributed by atoms with Crippen molar-refractivity contribution in [3.05, 3.63) is 51.9 Å². The summed E-state index contributed by atoms with van der Waals surface area (Å²) in [5.41, 5.74) is -0.134. The first-order valence-corrected chi connectivity index (χ1v) is 5.48. The third-order valence-electron chi connectivity index (χ3n) is 2.24. The lowest BCUT2D eigenvalue weighted by molar-refractivity contribution is -0.274. The van der Waals surface area contributed by atoms with Crippen molar-refractivity contribution in [1.82, 2.24) is 4.98 Å². The molecule has 0 amide bonds. The van der Waals surface area contributed by atoms with Crippen molar-refractivity contribution >= 4 is 11.6 Å². The van der Waals surface area contributed by atoms with Gasteiger partial charge in [0.15, 0.2) is 0 Å². The zero-order chi connectivity index (χ0) is 14.0. The van der Waals surface area contributed by atoms with Gasteiger partial charge in [0.2, 0.25) is 5.56 Å². The molecule has 3 nitrogen and oxygen atoms in total. The molecular weight excluding hydrogens is 283 g/mol. The van der Waals surface area contributed by atoms with Gasteiger partial charge in [0.1, 0.15) is 10.9 Å². The Morgan fingerprint density at radius 1 is 1.16 bits per heavy atom. The average molecular weight is 290 g/mol. The number of H-pyrrole nitrogens is 1. The fourth-order valence-electron chi connectivity index (χ4n) is 1.58. The van der Waals surface area contributed by atoms with Crippen LogP contribution in [-0.2, 0) is 0 Å². The van der Waals surface area contributed by atoms with Gasteiger partial charge in [0.25, 0.3) is 0 Å². The van der Waals surface area contributed by atoms with E-state index in [9.17, 15) is 18.0 Å². The average Bonchev–Trinajstić information content (AvgIpc) is 2.26. The van der Waals surface area contributed by atoms with E-state index in [0.717, 1.165) is 12.1 Å². The predicted octanol–water partition coefficient (Wildman–Crippen LogP) is 3.59. The molecule has 0 fully saturated rings. The largest absolute Gasteiger partial charge is 0.573 e. The summed E-state index contributed by atoms with van der Waals surface area (Å²) in [6, 6.07) is 8.00. The molecule has 19 heavy (non-hydrogen) atoms. The molecule has 1 heterocycles. The van der Waals surface area contributed by atoms with E-state index in [-0.39, 0.29) is 16.3 Å². The Balaban J connectivity index is 2.53. The van der Waals surface area contributed by atoms with Gasteiger partial charge in [-0.3, -0.25) is 4.79 Å². The summed E-state index contributed by atoms with van der Waals surface area (Å²) < 4.78 is 40.7. The lowest BCUT2D eigenvalue weighted by Gasteiger charge is -2.13. The number of aromatic amines is 1. The van der Waals surface area contributed by atoms with Gasteiger partial charge >= 0.3 is 6.36 Å². The van der Waals surface area contributed by atoms with E-state index < -0.39 is 17.7 Å². The monoisotopic (exact) mass is 289 g/mol. The molecule has 0 spiro atoms. The molecule has 0 saturated heterocycles. The summed E-state index contributed by atoms with van der Waals surface area (Å²) in [5.74, 6) is -0.392. The molecule has 0 saturated carbocycles. The highest BCUT2D eigenvalue weighted by atomic mass is 35.5. The number of pyridine rings is 1. The number of alkyl halides is 3. The summed E-state index contributed by atoms with van der Waals surface area (Å²) in [5, 5.41) is 0.0318. The highest BCUT2D eigenvalue weighted by molar-refractivity contribution is 6.29. The molecule has 1 aromatic heterocycles. The lowest BCUT2D eigenvalue weighted by atomic mass is 10.1. The molecular formula is C12H7ClF3NO2. The van der Waals surface area contributed by atoms with Gasteiger partial charge in [-0.1, -0.05) is 29.8 Å². The molecule has 7 heteroatoms. The normalized spacial score (nSPS) is 11.4. The molecule has 0 atom stereocenters. The second kappa shape index (κ2) is 4.97. The van der Waals surface area contributed by atoms with E-state index in [4.69, 9.17) is 11.6 Å². The number of nitrogens with one attached hydrogen (secondary N) is 1. The van der Waals surface area contributed by atoms with Crippen molar-refractivity contribution in [2.45, 2.75) is 6.36 Å². The molecule has 0 aliphatic heterocycles. The van der Waals surface area contributed by atoms with Crippen LogP contribution >= 0.6 is 11.6 Å². The second-order valence-electron chi connectivity index (χ2n) is 3.63. The zero-order valence-corrected chi connectivity index (χ0v) is 10.0. The topological polar surface area (TPSA) is 42.1 Å². The first-order valence-electron chi connectivity index (χ1n) is 5.10. The van der Waals surface area contributed by atoms with Crippen molar-refractivity contribution in [3.8, 4) is 16.9 Å². The van der Waals surface area contributed by atoms with Crippen LogP contribution in [0.25, 0.3) is 11.1 Å². The molecule has 0 radical (unpaired) electrons. The fraction of sp³-hybridized carbons (Fsp3) is 0.0833. The summed E-state index contributed by atoms with van der Waals surface area (Å²) in [6.45, 7) is 0. The third kappa shape index (κ3) is 3.51. The van der Waals surface area contributed by atoms with Crippen molar-refractivity contribution in [1.29, 1.82) is 0 Å². The number of hydrogen-bond acceptors (Lipinski definition) is 2. The van der Waals surface area contributed by atoms with Crippen molar-refractivity contribution in [3.63, 3.8) is 0 Å². The van der Waals surface area contributed by atoms with Gasteiger partial charge in [0, 0.05) is 11.6 Å². The minimum absolute atomic E-state index is 0.0318. The summed E-state index contributed by atoms with van der Waals surface area (Å²) in [6.07, 6.45) is -4.80. The fourth-order valence-corrected chi connectivity index (χ4v) is 1.79. The summed E-state index contributed by atoms with van der Waals surface area (Å²) in [7, 11) is 0. The molecule has 1 aromatic carbocycles. The van der Waals surface area contributed by atoms with E-state index in [1.54, 1.807) is 0 Å². The van der Waals surface area contributed by atoms with Crippen LogP contribution in [0.4, 0.5) is 13.2 Å². The second-order valence-corrected chi connectivity index (χ2v) is 4.03. The molecule has 1 N–H and O–H groups in total. The molecule has 0 aliphatic carbocycles. The van der Waals surface area contributed by atoms with Crippen LogP contribution in [0.1, 0.15) is 0 Å². The molecule has 2 rings (SSSR count). The minimum Gasteiger partial charge on any atom is -0.405 e. The van der Waals surface area contributed by atoms with E-state index >= 15 is 0 Å². The van der Waals surface area contributed by atoms with Crippen LogP contribution in [0, 0.1) is 0 Å². The standard InChI is InChI=1S/C12H7ClF3NO2/c13-10-5-7(6-11(18)17-10)8-3-1-2-4-9(8)19-12(14,15)16/h1-6H,(H,17,18). The zero-order valence-electron chi connectivity index (χ0n) is 9.29.